The van der Waals surface area contributed by atoms with E-state index < -0.39 is 35.1 Å². The van der Waals surface area contributed by atoms with Crippen molar-refractivity contribution in [1.29, 1.82) is 0 Å². The zero-order valence-corrected chi connectivity index (χ0v) is 19.5. The van der Waals surface area contributed by atoms with Crippen molar-refractivity contribution in [2.75, 3.05) is 12.4 Å². The van der Waals surface area contributed by atoms with Gasteiger partial charge in [-0.05, 0) is 24.3 Å². The standard InChI is InChI=1S/C24H16F6N6O2/c1-35-11-17(23(25,26)27)15-8-12(9-32-20(15)35)34-21(37)16-10-33-36(19(16)24(28,29)30)18-5-3-4-14-13(18)6-7-31-22(14)38-2/h3-11H,1-2H3,(H,34,37). The Bertz CT molecular complexity index is 1700. The van der Waals surface area contributed by atoms with Gasteiger partial charge in [0.25, 0.3) is 5.91 Å². The molecular weight excluding hydrogens is 518 g/mol. The fourth-order valence-corrected chi connectivity index (χ4v) is 4.23. The molecule has 4 heterocycles. The Labute approximate surface area is 209 Å². The third kappa shape index (κ3) is 4.17. The van der Waals surface area contributed by atoms with Crippen LogP contribution >= 0.6 is 0 Å². The van der Waals surface area contributed by atoms with Crippen LogP contribution in [0.25, 0.3) is 27.5 Å². The maximum atomic E-state index is 14.2. The molecule has 0 radical (unpaired) electrons. The summed E-state index contributed by atoms with van der Waals surface area (Å²) < 4.78 is 89.9. The molecule has 0 unspecified atom stereocenters. The topological polar surface area (TPSA) is 86.9 Å². The second-order valence-corrected chi connectivity index (χ2v) is 8.21. The average Bonchev–Trinajstić information content (AvgIpc) is 3.45. The molecule has 0 fully saturated rings. The van der Waals surface area contributed by atoms with E-state index in [9.17, 15) is 31.1 Å². The van der Waals surface area contributed by atoms with Crippen molar-refractivity contribution >= 4 is 33.4 Å². The number of nitrogens with zero attached hydrogens (tertiary/aromatic N) is 5. The minimum Gasteiger partial charge on any atom is -0.481 e. The zero-order valence-electron chi connectivity index (χ0n) is 19.5. The smallest absolute Gasteiger partial charge is 0.434 e. The Hall–Kier alpha value is -4.62. The number of hydrogen-bond acceptors (Lipinski definition) is 5. The minimum atomic E-state index is -5.02. The van der Waals surface area contributed by atoms with Crippen LogP contribution in [-0.2, 0) is 19.4 Å². The molecule has 0 saturated heterocycles. The van der Waals surface area contributed by atoms with E-state index in [1.54, 1.807) is 6.07 Å². The molecule has 0 aliphatic rings. The van der Waals surface area contributed by atoms with E-state index in [-0.39, 0.29) is 28.3 Å². The molecule has 0 spiro atoms. The minimum absolute atomic E-state index is 0.0109. The fraction of sp³-hybridized carbons (Fsp3) is 0.167. The summed E-state index contributed by atoms with van der Waals surface area (Å²) in [5.41, 5.74) is -3.43. The summed E-state index contributed by atoms with van der Waals surface area (Å²) >= 11 is 0. The lowest BCUT2D eigenvalue weighted by molar-refractivity contribution is -0.143. The largest absolute Gasteiger partial charge is 0.481 e. The van der Waals surface area contributed by atoms with Crippen LogP contribution in [0.5, 0.6) is 5.88 Å². The lowest BCUT2D eigenvalue weighted by Gasteiger charge is -2.15. The number of nitrogens with one attached hydrogen (secondary N) is 1. The fourth-order valence-electron chi connectivity index (χ4n) is 4.23. The van der Waals surface area contributed by atoms with E-state index >= 15 is 0 Å². The Balaban J connectivity index is 1.59. The SMILES string of the molecule is COc1nccc2c(-n3ncc(C(=O)Nc4cnc5c(c4)c(C(F)(F)F)cn5C)c3C(F)(F)F)cccc12. The van der Waals surface area contributed by atoms with Crippen molar-refractivity contribution in [3.05, 3.63) is 71.9 Å². The number of aryl methyl sites for hydroxylation is 1. The number of carbonyl (C=O) groups excluding carboxylic acids is 1. The molecule has 5 rings (SSSR count). The molecule has 14 heteroatoms. The molecule has 8 nitrogen and oxygen atoms in total. The van der Waals surface area contributed by atoms with Gasteiger partial charge < -0.3 is 14.6 Å². The predicted molar refractivity (Wildman–Crippen MR) is 124 cm³/mol. The van der Waals surface area contributed by atoms with E-state index in [2.05, 4.69) is 20.4 Å². The summed E-state index contributed by atoms with van der Waals surface area (Å²) in [6, 6.07) is 6.97. The van der Waals surface area contributed by atoms with Gasteiger partial charge >= 0.3 is 12.4 Å². The third-order valence-corrected chi connectivity index (χ3v) is 5.83. The van der Waals surface area contributed by atoms with Crippen LogP contribution in [0.2, 0.25) is 0 Å². The Morgan fingerprint density at radius 2 is 1.74 bits per heavy atom. The van der Waals surface area contributed by atoms with Gasteiger partial charge in [0.05, 0.1) is 42.0 Å². The summed E-state index contributed by atoms with van der Waals surface area (Å²) in [5, 5.41) is 6.47. The summed E-state index contributed by atoms with van der Waals surface area (Å²) in [5.74, 6) is -1.04. The summed E-state index contributed by atoms with van der Waals surface area (Å²) in [6.07, 6.45) is -5.73. The van der Waals surface area contributed by atoms with Gasteiger partial charge in [-0.3, -0.25) is 4.79 Å². The molecular formula is C24H16F6N6O2. The van der Waals surface area contributed by atoms with E-state index in [1.807, 2.05) is 0 Å². The van der Waals surface area contributed by atoms with Gasteiger partial charge in [-0.2, -0.15) is 31.4 Å². The molecule has 0 saturated carbocycles. The highest BCUT2D eigenvalue weighted by Crippen LogP contribution is 2.38. The highest BCUT2D eigenvalue weighted by Gasteiger charge is 2.41. The quantitative estimate of drug-likeness (QED) is 0.303. The molecule has 4 aromatic heterocycles. The lowest BCUT2D eigenvalue weighted by Crippen LogP contribution is -2.21. The van der Waals surface area contributed by atoms with Crippen LogP contribution < -0.4 is 10.1 Å². The number of alkyl halides is 6. The summed E-state index contributed by atoms with van der Waals surface area (Å²) in [6.45, 7) is 0. The number of carbonyl (C=O) groups is 1. The molecule has 0 atom stereocenters. The number of methoxy groups -OCH3 is 1. The lowest BCUT2D eigenvalue weighted by atomic mass is 10.1. The number of amides is 1. The molecule has 38 heavy (non-hydrogen) atoms. The van der Waals surface area contributed by atoms with Crippen LogP contribution in [-0.4, -0.2) is 37.3 Å². The van der Waals surface area contributed by atoms with E-state index in [0.29, 0.717) is 15.5 Å². The highest BCUT2D eigenvalue weighted by atomic mass is 19.4. The van der Waals surface area contributed by atoms with Gasteiger partial charge in [-0.1, -0.05) is 6.07 Å². The summed E-state index contributed by atoms with van der Waals surface area (Å²) in [4.78, 5) is 20.9. The van der Waals surface area contributed by atoms with Crippen molar-refractivity contribution in [2.24, 2.45) is 7.05 Å². The van der Waals surface area contributed by atoms with Crippen molar-refractivity contribution in [3.63, 3.8) is 0 Å². The first-order chi connectivity index (χ1) is 17.9. The average molecular weight is 534 g/mol. The van der Waals surface area contributed by atoms with Crippen LogP contribution in [0.15, 0.2) is 55.1 Å². The van der Waals surface area contributed by atoms with E-state index in [4.69, 9.17) is 4.74 Å². The van der Waals surface area contributed by atoms with Crippen molar-refractivity contribution in [1.82, 2.24) is 24.3 Å². The maximum Gasteiger partial charge on any atom is 0.434 e. The van der Waals surface area contributed by atoms with E-state index in [0.717, 1.165) is 29.2 Å². The maximum absolute atomic E-state index is 14.2. The predicted octanol–water partition coefficient (Wildman–Crippen LogP) is 5.61. The molecule has 1 N–H and O–H groups in total. The number of halogens is 6. The molecule has 196 valence electrons. The molecule has 1 amide bonds. The van der Waals surface area contributed by atoms with Crippen LogP contribution in [0.4, 0.5) is 32.0 Å². The van der Waals surface area contributed by atoms with E-state index in [1.165, 1.54) is 38.6 Å². The molecule has 0 aliphatic carbocycles. The molecule has 5 aromatic rings. The number of pyridine rings is 2. The van der Waals surface area contributed by atoms with Crippen molar-refractivity contribution < 1.29 is 35.9 Å². The number of rotatable bonds is 4. The first kappa shape index (κ1) is 25.0. The highest BCUT2D eigenvalue weighted by molar-refractivity contribution is 6.06. The number of anilines is 1. The number of fused-ring (bicyclic) bond motifs is 2. The van der Waals surface area contributed by atoms with Crippen molar-refractivity contribution in [2.45, 2.75) is 12.4 Å². The van der Waals surface area contributed by atoms with Gasteiger partial charge in [-0.25, -0.2) is 14.6 Å². The van der Waals surface area contributed by atoms with Crippen LogP contribution in [0, 0.1) is 0 Å². The Kier molecular flexibility index (Phi) is 5.76. The molecule has 1 aromatic carbocycles. The first-order valence-electron chi connectivity index (χ1n) is 10.8. The zero-order chi connectivity index (χ0) is 27.4. The van der Waals surface area contributed by atoms with Gasteiger partial charge in [0.2, 0.25) is 5.88 Å². The van der Waals surface area contributed by atoms with Crippen LogP contribution in [0.3, 0.4) is 0 Å². The number of aromatic nitrogens is 5. The molecule has 0 bridgehead atoms. The third-order valence-electron chi connectivity index (χ3n) is 5.83. The number of benzene rings is 1. The first-order valence-corrected chi connectivity index (χ1v) is 10.8. The summed E-state index contributed by atoms with van der Waals surface area (Å²) in [7, 11) is 2.73. The van der Waals surface area contributed by atoms with Gasteiger partial charge in [0, 0.05) is 35.6 Å². The number of hydrogen-bond donors (Lipinski definition) is 1. The monoisotopic (exact) mass is 534 g/mol. The van der Waals surface area contributed by atoms with Gasteiger partial charge in [0.15, 0.2) is 5.69 Å². The Morgan fingerprint density at radius 3 is 2.42 bits per heavy atom. The second-order valence-electron chi connectivity index (χ2n) is 8.21. The Morgan fingerprint density at radius 1 is 0.974 bits per heavy atom. The normalized spacial score (nSPS) is 12.3. The van der Waals surface area contributed by atoms with Gasteiger partial charge in [-0.15, -0.1) is 0 Å². The number of ether oxygens (including phenoxy) is 1. The van der Waals surface area contributed by atoms with Crippen LogP contribution in [0.1, 0.15) is 21.6 Å². The van der Waals surface area contributed by atoms with Crippen molar-refractivity contribution in [3.8, 4) is 11.6 Å². The molecule has 0 aliphatic heterocycles. The second kappa shape index (κ2) is 8.75. The van der Waals surface area contributed by atoms with Gasteiger partial charge in [0.1, 0.15) is 5.65 Å².